The molecule has 0 spiro atoms. The molecule has 0 bridgehead atoms. The van der Waals surface area contributed by atoms with Gasteiger partial charge in [-0.3, -0.25) is 0 Å². The molecular formula is C24H22BrClFNO4. The summed E-state index contributed by atoms with van der Waals surface area (Å²) in [5.41, 5.74) is 3.23. The van der Waals surface area contributed by atoms with E-state index in [1.54, 1.807) is 25.1 Å². The molecule has 0 radical (unpaired) electrons. The summed E-state index contributed by atoms with van der Waals surface area (Å²) in [6.45, 7) is 4.69. The zero-order valence-electron chi connectivity index (χ0n) is 17.5. The molecule has 0 fully saturated rings. The maximum Gasteiger partial charge on any atom is 0.336 e. The summed E-state index contributed by atoms with van der Waals surface area (Å²) in [6, 6.07) is 13.0. The molecule has 0 aliphatic carbocycles. The van der Waals surface area contributed by atoms with Crippen molar-refractivity contribution in [1.29, 1.82) is 0 Å². The summed E-state index contributed by atoms with van der Waals surface area (Å²) in [6.07, 6.45) is 0. The Labute approximate surface area is 199 Å². The van der Waals surface area contributed by atoms with Crippen molar-refractivity contribution >= 4 is 39.2 Å². The lowest BCUT2D eigenvalue weighted by Gasteiger charge is -2.17. The minimum absolute atomic E-state index is 0.149. The Morgan fingerprint density at radius 2 is 1.97 bits per heavy atom. The molecule has 32 heavy (non-hydrogen) atoms. The monoisotopic (exact) mass is 521 g/mol. The van der Waals surface area contributed by atoms with Gasteiger partial charge in [-0.05, 0) is 77.3 Å². The molecule has 2 N–H and O–H groups in total. The summed E-state index contributed by atoms with van der Waals surface area (Å²) in [4.78, 5) is 11.4. The molecule has 8 heteroatoms. The van der Waals surface area contributed by atoms with Crippen molar-refractivity contribution in [3.05, 3.63) is 86.1 Å². The number of carboxylic acid groups (broad SMARTS) is 1. The van der Waals surface area contributed by atoms with Gasteiger partial charge in [0.05, 0.1) is 21.7 Å². The molecule has 0 aliphatic heterocycles. The molecule has 3 aromatic carbocycles. The molecule has 3 rings (SSSR count). The van der Waals surface area contributed by atoms with Gasteiger partial charge in [0.15, 0.2) is 11.5 Å². The van der Waals surface area contributed by atoms with E-state index in [4.69, 9.17) is 21.1 Å². The van der Waals surface area contributed by atoms with Gasteiger partial charge >= 0.3 is 5.97 Å². The highest BCUT2D eigenvalue weighted by molar-refractivity contribution is 9.10. The van der Waals surface area contributed by atoms with Gasteiger partial charge in [-0.25, -0.2) is 9.18 Å². The number of anilines is 1. The number of carbonyl (C=O) groups is 1. The van der Waals surface area contributed by atoms with Crippen LogP contribution in [0.3, 0.4) is 0 Å². The Morgan fingerprint density at radius 1 is 1.19 bits per heavy atom. The van der Waals surface area contributed by atoms with Crippen LogP contribution < -0.4 is 14.8 Å². The molecule has 5 nitrogen and oxygen atoms in total. The van der Waals surface area contributed by atoms with Crippen molar-refractivity contribution in [2.75, 3.05) is 11.9 Å². The van der Waals surface area contributed by atoms with Gasteiger partial charge in [-0.1, -0.05) is 23.7 Å². The number of benzene rings is 3. The fourth-order valence-corrected chi connectivity index (χ4v) is 4.00. The third-order valence-electron chi connectivity index (χ3n) is 4.80. The Kier molecular flexibility index (Phi) is 7.99. The SMILES string of the molecule is CCOc1cc(CNc2cccc(C(=O)O)c2C)cc(Br)c1OCc1ccc(F)cc1Cl. The maximum absolute atomic E-state index is 13.3. The van der Waals surface area contributed by atoms with Crippen LogP contribution in [0.2, 0.25) is 5.02 Å². The number of aromatic carboxylic acids is 1. The van der Waals surface area contributed by atoms with E-state index in [2.05, 4.69) is 21.2 Å². The number of rotatable bonds is 9. The smallest absolute Gasteiger partial charge is 0.336 e. The Bertz CT molecular complexity index is 1140. The molecule has 0 aromatic heterocycles. The minimum atomic E-state index is -0.963. The molecule has 168 valence electrons. The largest absolute Gasteiger partial charge is 0.490 e. The first kappa shape index (κ1) is 23.9. The van der Waals surface area contributed by atoms with Crippen LogP contribution >= 0.6 is 27.5 Å². The van der Waals surface area contributed by atoms with E-state index in [9.17, 15) is 14.3 Å². The summed E-state index contributed by atoms with van der Waals surface area (Å²) >= 11 is 9.64. The van der Waals surface area contributed by atoms with E-state index in [1.807, 2.05) is 25.1 Å². The quantitative estimate of drug-likeness (QED) is 0.322. The van der Waals surface area contributed by atoms with Crippen LogP contribution in [0.4, 0.5) is 10.1 Å². The van der Waals surface area contributed by atoms with Gasteiger partial charge in [0.2, 0.25) is 0 Å². The molecule has 0 aliphatic rings. The van der Waals surface area contributed by atoms with Crippen LogP contribution in [0.5, 0.6) is 11.5 Å². The summed E-state index contributed by atoms with van der Waals surface area (Å²) in [5.74, 6) is -0.306. The van der Waals surface area contributed by atoms with Crippen LogP contribution in [-0.4, -0.2) is 17.7 Å². The van der Waals surface area contributed by atoms with E-state index in [0.717, 1.165) is 11.3 Å². The van der Waals surface area contributed by atoms with E-state index >= 15 is 0 Å². The molecule has 0 unspecified atom stereocenters. The standard InChI is InChI=1S/C24H22BrClFNO4/c1-3-31-22-10-15(12-28-21-6-4-5-18(14(21)2)24(29)30)9-19(25)23(22)32-13-16-7-8-17(27)11-20(16)26/h4-11,28H,3,12-13H2,1-2H3,(H,29,30). The second kappa shape index (κ2) is 10.7. The highest BCUT2D eigenvalue weighted by atomic mass is 79.9. The van der Waals surface area contributed by atoms with Gasteiger partial charge in [0.1, 0.15) is 12.4 Å². The third kappa shape index (κ3) is 5.72. The van der Waals surface area contributed by atoms with Crippen molar-refractivity contribution in [2.24, 2.45) is 0 Å². The first-order chi connectivity index (χ1) is 15.3. The van der Waals surface area contributed by atoms with Crippen LogP contribution in [0, 0.1) is 12.7 Å². The second-order valence-corrected chi connectivity index (χ2v) is 8.26. The van der Waals surface area contributed by atoms with Crippen molar-refractivity contribution in [1.82, 2.24) is 0 Å². The zero-order valence-corrected chi connectivity index (χ0v) is 19.9. The zero-order chi connectivity index (χ0) is 23.3. The van der Waals surface area contributed by atoms with Gasteiger partial charge in [-0.2, -0.15) is 0 Å². The Hall–Kier alpha value is -2.77. The normalized spacial score (nSPS) is 10.7. The number of halogens is 3. The molecule has 0 saturated carbocycles. The molecule has 0 atom stereocenters. The number of hydrogen-bond acceptors (Lipinski definition) is 4. The predicted molar refractivity (Wildman–Crippen MR) is 127 cm³/mol. The lowest BCUT2D eigenvalue weighted by Crippen LogP contribution is -2.07. The van der Waals surface area contributed by atoms with Crippen LogP contribution in [0.1, 0.15) is 34.0 Å². The highest BCUT2D eigenvalue weighted by Gasteiger charge is 2.15. The van der Waals surface area contributed by atoms with Gasteiger partial charge in [-0.15, -0.1) is 0 Å². The topological polar surface area (TPSA) is 67.8 Å². The molecular weight excluding hydrogens is 501 g/mol. The summed E-state index contributed by atoms with van der Waals surface area (Å²) in [7, 11) is 0. The summed E-state index contributed by atoms with van der Waals surface area (Å²) < 4.78 is 25.7. The predicted octanol–water partition coefficient (Wildman–Crippen LogP) is 6.84. The van der Waals surface area contributed by atoms with Crippen LogP contribution in [0.25, 0.3) is 0 Å². The maximum atomic E-state index is 13.3. The molecule has 3 aromatic rings. The van der Waals surface area contributed by atoms with E-state index < -0.39 is 11.8 Å². The molecule has 0 heterocycles. The number of ether oxygens (including phenoxy) is 2. The van der Waals surface area contributed by atoms with Crippen molar-refractivity contribution < 1.29 is 23.8 Å². The van der Waals surface area contributed by atoms with Gasteiger partial charge < -0.3 is 19.9 Å². The molecule has 0 saturated heterocycles. The van der Waals surface area contributed by atoms with Gasteiger partial charge in [0, 0.05) is 17.8 Å². The highest BCUT2D eigenvalue weighted by Crippen LogP contribution is 2.38. The van der Waals surface area contributed by atoms with Gasteiger partial charge in [0.25, 0.3) is 0 Å². The Balaban J connectivity index is 1.79. The number of hydrogen-bond donors (Lipinski definition) is 2. The van der Waals surface area contributed by atoms with E-state index in [1.165, 1.54) is 12.1 Å². The van der Waals surface area contributed by atoms with Crippen LogP contribution in [0.15, 0.2) is 53.0 Å². The fourth-order valence-electron chi connectivity index (χ4n) is 3.17. The van der Waals surface area contributed by atoms with Crippen molar-refractivity contribution in [3.8, 4) is 11.5 Å². The molecule has 0 amide bonds. The van der Waals surface area contributed by atoms with Crippen LogP contribution in [-0.2, 0) is 13.2 Å². The lowest BCUT2D eigenvalue weighted by molar-refractivity contribution is 0.0696. The third-order valence-corrected chi connectivity index (χ3v) is 5.74. The lowest BCUT2D eigenvalue weighted by atomic mass is 10.1. The first-order valence-electron chi connectivity index (χ1n) is 9.88. The van der Waals surface area contributed by atoms with Crippen molar-refractivity contribution in [3.63, 3.8) is 0 Å². The first-order valence-corrected chi connectivity index (χ1v) is 11.1. The Morgan fingerprint density at radius 3 is 2.66 bits per heavy atom. The van der Waals surface area contributed by atoms with Crippen molar-refractivity contribution in [2.45, 2.75) is 27.0 Å². The minimum Gasteiger partial charge on any atom is -0.490 e. The second-order valence-electron chi connectivity index (χ2n) is 7.00. The van der Waals surface area contributed by atoms with E-state index in [0.29, 0.717) is 45.3 Å². The van der Waals surface area contributed by atoms with E-state index in [-0.39, 0.29) is 12.2 Å². The number of carboxylic acids is 1. The average Bonchev–Trinajstić information content (AvgIpc) is 2.73. The summed E-state index contributed by atoms with van der Waals surface area (Å²) in [5, 5.41) is 12.9. The fraction of sp³-hybridized carbons (Fsp3) is 0.208. The average molecular weight is 523 g/mol. The number of nitrogens with one attached hydrogen (secondary N) is 1.